The Hall–Kier alpha value is -1.45. The van der Waals surface area contributed by atoms with Crippen LogP contribution in [0.5, 0.6) is 5.75 Å². The number of rotatable bonds is 5. The number of halogens is 3. The summed E-state index contributed by atoms with van der Waals surface area (Å²) in [7, 11) is 0. The smallest absolute Gasteiger partial charge is 0.145 e. The van der Waals surface area contributed by atoms with E-state index in [-0.39, 0.29) is 11.9 Å². The van der Waals surface area contributed by atoms with E-state index in [1.54, 1.807) is 18.2 Å². The zero-order valence-electron chi connectivity index (χ0n) is 11.8. The Morgan fingerprint density at radius 3 is 2.62 bits per heavy atom. The van der Waals surface area contributed by atoms with Crippen LogP contribution < -0.4 is 10.1 Å². The molecule has 0 aliphatic rings. The molecule has 1 N–H and O–H groups in total. The molecular weight excluding hydrogens is 312 g/mol. The van der Waals surface area contributed by atoms with Crippen molar-refractivity contribution in [2.75, 3.05) is 11.9 Å². The second kappa shape index (κ2) is 7.01. The first-order valence-corrected chi connectivity index (χ1v) is 7.40. The highest BCUT2D eigenvalue weighted by Gasteiger charge is 2.13. The molecule has 1 atom stereocenters. The van der Waals surface area contributed by atoms with Gasteiger partial charge in [-0.2, -0.15) is 0 Å². The Morgan fingerprint density at radius 1 is 1.19 bits per heavy atom. The lowest BCUT2D eigenvalue weighted by Gasteiger charge is -2.19. The van der Waals surface area contributed by atoms with Crippen LogP contribution in [0.25, 0.3) is 0 Å². The summed E-state index contributed by atoms with van der Waals surface area (Å²) in [5.41, 5.74) is 1.63. The van der Waals surface area contributed by atoms with Crippen LogP contribution in [0.3, 0.4) is 0 Å². The van der Waals surface area contributed by atoms with Crippen molar-refractivity contribution in [1.29, 1.82) is 0 Å². The lowest BCUT2D eigenvalue weighted by Crippen LogP contribution is -2.09. The van der Waals surface area contributed by atoms with E-state index in [9.17, 15) is 4.39 Å². The van der Waals surface area contributed by atoms with Crippen LogP contribution in [-0.2, 0) is 0 Å². The van der Waals surface area contributed by atoms with Gasteiger partial charge in [0.05, 0.1) is 18.3 Å². The minimum atomic E-state index is -0.332. The first kappa shape index (κ1) is 15.9. The summed E-state index contributed by atoms with van der Waals surface area (Å²) >= 11 is 12.1. The van der Waals surface area contributed by atoms with E-state index in [1.807, 2.05) is 19.9 Å². The molecule has 0 spiro atoms. The maximum Gasteiger partial charge on any atom is 0.145 e. The SMILES string of the molecule is CCOc1cc(F)ccc1NC(C)c1ccc(Cl)cc1Cl. The lowest BCUT2D eigenvalue weighted by molar-refractivity contribution is 0.339. The van der Waals surface area contributed by atoms with Gasteiger partial charge in [0.1, 0.15) is 11.6 Å². The van der Waals surface area contributed by atoms with Crippen LogP contribution in [0.15, 0.2) is 36.4 Å². The Balaban J connectivity index is 2.24. The molecule has 2 aromatic carbocycles. The number of anilines is 1. The molecule has 1 unspecified atom stereocenters. The predicted octanol–water partition coefficient (Wildman–Crippen LogP) is 5.70. The van der Waals surface area contributed by atoms with Crippen LogP contribution >= 0.6 is 23.2 Å². The zero-order valence-corrected chi connectivity index (χ0v) is 13.3. The summed E-state index contributed by atoms with van der Waals surface area (Å²) in [6, 6.07) is 9.69. The number of hydrogen-bond acceptors (Lipinski definition) is 2. The van der Waals surface area contributed by atoms with Crippen molar-refractivity contribution in [2.24, 2.45) is 0 Å². The average molecular weight is 328 g/mol. The highest BCUT2D eigenvalue weighted by molar-refractivity contribution is 6.35. The quantitative estimate of drug-likeness (QED) is 0.760. The van der Waals surface area contributed by atoms with Gasteiger partial charge in [-0.3, -0.25) is 0 Å². The van der Waals surface area contributed by atoms with Crippen molar-refractivity contribution >= 4 is 28.9 Å². The molecule has 0 fully saturated rings. The fourth-order valence-electron chi connectivity index (χ4n) is 2.05. The van der Waals surface area contributed by atoms with Gasteiger partial charge >= 0.3 is 0 Å². The summed E-state index contributed by atoms with van der Waals surface area (Å²) in [6.07, 6.45) is 0. The van der Waals surface area contributed by atoms with Crippen molar-refractivity contribution in [3.8, 4) is 5.75 Å². The third kappa shape index (κ3) is 4.02. The molecule has 0 amide bonds. The van der Waals surface area contributed by atoms with Crippen LogP contribution in [0.1, 0.15) is 25.5 Å². The Labute approximate surface area is 133 Å². The highest BCUT2D eigenvalue weighted by atomic mass is 35.5. The molecule has 2 aromatic rings. The number of nitrogens with one attached hydrogen (secondary N) is 1. The van der Waals surface area contributed by atoms with E-state index in [1.165, 1.54) is 12.1 Å². The molecule has 0 aliphatic heterocycles. The highest BCUT2D eigenvalue weighted by Crippen LogP contribution is 2.32. The Bertz CT molecular complexity index is 634. The Morgan fingerprint density at radius 2 is 1.95 bits per heavy atom. The van der Waals surface area contributed by atoms with E-state index in [0.717, 1.165) is 11.3 Å². The van der Waals surface area contributed by atoms with Crippen LogP contribution in [0.4, 0.5) is 10.1 Å². The van der Waals surface area contributed by atoms with Crippen LogP contribution in [0.2, 0.25) is 10.0 Å². The third-order valence-corrected chi connectivity index (χ3v) is 3.61. The van der Waals surface area contributed by atoms with Gasteiger partial charge in [0.2, 0.25) is 0 Å². The van der Waals surface area contributed by atoms with E-state index >= 15 is 0 Å². The standard InChI is InChI=1S/C16H16Cl2FNO/c1-3-21-16-9-12(19)5-7-15(16)20-10(2)13-6-4-11(17)8-14(13)18/h4-10,20H,3H2,1-2H3. The summed E-state index contributed by atoms with van der Waals surface area (Å²) in [5.74, 6) is 0.149. The molecule has 0 aliphatic carbocycles. The lowest BCUT2D eigenvalue weighted by atomic mass is 10.1. The fraction of sp³-hybridized carbons (Fsp3) is 0.250. The van der Waals surface area contributed by atoms with Crippen molar-refractivity contribution in [2.45, 2.75) is 19.9 Å². The van der Waals surface area contributed by atoms with Gasteiger partial charge in [-0.05, 0) is 43.7 Å². The van der Waals surface area contributed by atoms with Gasteiger partial charge in [0, 0.05) is 16.1 Å². The van der Waals surface area contributed by atoms with Gasteiger partial charge in [-0.25, -0.2) is 4.39 Å². The zero-order chi connectivity index (χ0) is 15.4. The molecule has 5 heteroatoms. The van der Waals surface area contributed by atoms with Crippen molar-refractivity contribution in [3.05, 3.63) is 57.8 Å². The van der Waals surface area contributed by atoms with Crippen molar-refractivity contribution in [1.82, 2.24) is 0 Å². The third-order valence-electron chi connectivity index (χ3n) is 3.04. The van der Waals surface area contributed by atoms with E-state index < -0.39 is 0 Å². The molecule has 0 heterocycles. The van der Waals surface area contributed by atoms with Gasteiger partial charge in [0.15, 0.2) is 0 Å². The second-order valence-corrected chi connectivity index (χ2v) is 5.45. The Kier molecular flexibility index (Phi) is 5.32. The molecule has 112 valence electrons. The largest absolute Gasteiger partial charge is 0.492 e. The molecule has 21 heavy (non-hydrogen) atoms. The number of benzene rings is 2. The molecule has 0 aromatic heterocycles. The van der Waals surface area contributed by atoms with E-state index in [2.05, 4.69) is 5.32 Å². The molecule has 0 radical (unpaired) electrons. The van der Waals surface area contributed by atoms with Crippen molar-refractivity contribution in [3.63, 3.8) is 0 Å². The molecule has 0 saturated carbocycles. The van der Waals surface area contributed by atoms with E-state index in [0.29, 0.717) is 22.4 Å². The number of ether oxygens (including phenoxy) is 1. The first-order chi connectivity index (χ1) is 10.0. The normalized spacial score (nSPS) is 12.0. The van der Waals surface area contributed by atoms with Gasteiger partial charge in [0.25, 0.3) is 0 Å². The summed E-state index contributed by atoms with van der Waals surface area (Å²) in [6.45, 7) is 4.29. The van der Waals surface area contributed by atoms with Gasteiger partial charge < -0.3 is 10.1 Å². The average Bonchev–Trinajstić information content (AvgIpc) is 2.42. The second-order valence-electron chi connectivity index (χ2n) is 4.61. The van der Waals surface area contributed by atoms with E-state index in [4.69, 9.17) is 27.9 Å². The van der Waals surface area contributed by atoms with Crippen LogP contribution in [-0.4, -0.2) is 6.61 Å². The van der Waals surface area contributed by atoms with Gasteiger partial charge in [-0.1, -0.05) is 29.3 Å². The molecule has 0 bridgehead atoms. The maximum atomic E-state index is 13.3. The molecule has 0 saturated heterocycles. The topological polar surface area (TPSA) is 21.3 Å². The summed E-state index contributed by atoms with van der Waals surface area (Å²) in [4.78, 5) is 0. The minimum Gasteiger partial charge on any atom is -0.492 e. The van der Waals surface area contributed by atoms with Crippen molar-refractivity contribution < 1.29 is 9.13 Å². The van der Waals surface area contributed by atoms with Gasteiger partial charge in [-0.15, -0.1) is 0 Å². The number of hydrogen-bond donors (Lipinski definition) is 1. The summed E-state index contributed by atoms with van der Waals surface area (Å²) < 4.78 is 18.7. The predicted molar refractivity (Wildman–Crippen MR) is 86.1 cm³/mol. The first-order valence-electron chi connectivity index (χ1n) is 6.65. The fourth-order valence-corrected chi connectivity index (χ4v) is 2.63. The summed E-state index contributed by atoms with van der Waals surface area (Å²) in [5, 5.41) is 4.46. The molecule has 2 nitrogen and oxygen atoms in total. The molecule has 2 rings (SSSR count). The minimum absolute atomic E-state index is 0.0700. The maximum absolute atomic E-state index is 13.3. The van der Waals surface area contributed by atoms with Crippen LogP contribution in [0, 0.1) is 5.82 Å². The molecular formula is C16H16Cl2FNO. The monoisotopic (exact) mass is 327 g/mol.